The van der Waals surface area contributed by atoms with E-state index in [0.717, 1.165) is 12.0 Å². The van der Waals surface area contributed by atoms with Crippen LogP contribution in [0, 0.1) is 5.82 Å². The summed E-state index contributed by atoms with van der Waals surface area (Å²) in [6, 6.07) is 12.3. The minimum absolute atomic E-state index is 0.107. The SMILES string of the molecule is Nc1cc(F)ccc1OCC1OCCc2ccccc21. The van der Waals surface area contributed by atoms with Crippen LogP contribution in [0.25, 0.3) is 0 Å². The summed E-state index contributed by atoms with van der Waals surface area (Å²) in [6.45, 7) is 1.05. The number of hydrogen-bond acceptors (Lipinski definition) is 3. The summed E-state index contributed by atoms with van der Waals surface area (Å²) in [5, 5.41) is 0. The molecular formula is C16H16FNO2. The molecule has 3 rings (SSSR count). The van der Waals surface area contributed by atoms with Crippen molar-refractivity contribution in [3.05, 3.63) is 59.4 Å². The van der Waals surface area contributed by atoms with Crippen LogP contribution in [0.2, 0.25) is 0 Å². The Morgan fingerprint density at radius 2 is 2.10 bits per heavy atom. The Balaban J connectivity index is 1.73. The molecule has 0 aliphatic carbocycles. The monoisotopic (exact) mass is 273 g/mol. The second-order valence-electron chi connectivity index (χ2n) is 4.80. The highest BCUT2D eigenvalue weighted by atomic mass is 19.1. The maximum absolute atomic E-state index is 13.0. The summed E-state index contributed by atoms with van der Waals surface area (Å²) in [5.41, 5.74) is 8.47. The highest BCUT2D eigenvalue weighted by Gasteiger charge is 2.21. The molecule has 1 heterocycles. The zero-order chi connectivity index (χ0) is 13.9. The van der Waals surface area contributed by atoms with Gasteiger partial charge >= 0.3 is 0 Å². The maximum atomic E-state index is 13.0. The molecule has 0 aromatic heterocycles. The van der Waals surface area contributed by atoms with Crippen LogP contribution in [-0.2, 0) is 11.2 Å². The van der Waals surface area contributed by atoms with E-state index in [2.05, 4.69) is 12.1 Å². The zero-order valence-corrected chi connectivity index (χ0v) is 11.0. The molecule has 0 saturated carbocycles. The van der Waals surface area contributed by atoms with Gasteiger partial charge in [0, 0.05) is 6.07 Å². The molecule has 4 heteroatoms. The van der Waals surface area contributed by atoms with Gasteiger partial charge in [-0.1, -0.05) is 24.3 Å². The molecular weight excluding hydrogens is 257 g/mol. The first kappa shape index (κ1) is 12.9. The Morgan fingerprint density at radius 3 is 2.95 bits per heavy atom. The van der Waals surface area contributed by atoms with Crippen molar-refractivity contribution in [2.45, 2.75) is 12.5 Å². The lowest BCUT2D eigenvalue weighted by Gasteiger charge is -2.26. The van der Waals surface area contributed by atoms with Crippen LogP contribution in [0.15, 0.2) is 42.5 Å². The molecule has 2 N–H and O–H groups in total. The summed E-state index contributed by atoms with van der Waals surface area (Å²) in [7, 11) is 0. The normalized spacial score (nSPS) is 17.6. The van der Waals surface area contributed by atoms with Gasteiger partial charge in [0.2, 0.25) is 0 Å². The van der Waals surface area contributed by atoms with Crippen LogP contribution in [0.4, 0.5) is 10.1 Å². The second kappa shape index (κ2) is 5.51. The van der Waals surface area contributed by atoms with E-state index < -0.39 is 0 Å². The molecule has 1 aliphatic heterocycles. The first-order valence-corrected chi connectivity index (χ1v) is 6.61. The van der Waals surface area contributed by atoms with E-state index in [4.69, 9.17) is 15.2 Å². The summed E-state index contributed by atoms with van der Waals surface area (Å²) in [6.07, 6.45) is 0.815. The number of hydrogen-bond donors (Lipinski definition) is 1. The average Bonchev–Trinajstić information content (AvgIpc) is 2.46. The molecule has 0 bridgehead atoms. The number of fused-ring (bicyclic) bond motifs is 1. The number of ether oxygens (including phenoxy) is 2. The Kier molecular flexibility index (Phi) is 3.56. The van der Waals surface area contributed by atoms with Crippen molar-refractivity contribution in [3.8, 4) is 5.75 Å². The van der Waals surface area contributed by atoms with Gasteiger partial charge in [-0.3, -0.25) is 0 Å². The molecule has 3 nitrogen and oxygen atoms in total. The number of benzene rings is 2. The van der Waals surface area contributed by atoms with E-state index in [-0.39, 0.29) is 11.9 Å². The number of anilines is 1. The molecule has 2 aromatic rings. The van der Waals surface area contributed by atoms with Crippen molar-refractivity contribution in [2.75, 3.05) is 18.9 Å². The van der Waals surface area contributed by atoms with Gasteiger partial charge in [0.25, 0.3) is 0 Å². The number of rotatable bonds is 3. The molecule has 1 atom stereocenters. The highest BCUT2D eigenvalue weighted by Crippen LogP contribution is 2.29. The van der Waals surface area contributed by atoms with Crippen LogP contribution in [0.5, 0.6) is 5.75 Å². The van der Waals surface area contributed by atoms with Crippen LogP contribution in [0.3, 0.4) is 0 Å². The Morgan fingerprint density at radius 1 is 1.25 bits per heavy atom. The van der Waals surface area contributed by atoms with Crippen molar-refractivity contribution in [1.29, 1.82) is 0 Å². The first-order valence-electron chi connectivity index (χ1n) is 6.61. The number of nitrogens with two attached hydrogens (primary N) is 1. The first-order chi connectivity index (χ1) is 9.74. The molecule has 0 radical (unpaired) electrons. The minimum Gasteiger partial charge on any atom is -0.488 e. The third-order valence-corrected chi connectivity index (χ3v) is 3.45. The van der Waals surface area contributed by atoms with Gasteiger partial charge < -0.3 is 15.2 Å². The van der Waals surface area contributed by atoms with Gasteiger partial charge in [-0.25, -0.2) is 4.39 Å². The summed E-state index contributed by atoms with van der Waals surface area (Å²) in [4.78, 5) is 0. The van der Waals surface area contributed by atoms with Gasteiger partial charge in [0.15, 0.2) is 0 Å². The number of halogens is 1. The summed E-state index contributed by atoms with van der Waals surface area (Å²) in [5.74, 6) is 0.118. The van der Waals surface area contributed by atoms with E-state index in [1.54, 1.807) is 6.07 Å². The molecule has 0 amide bonds. The zero-order valence-electron chi connectivity index (χ0n) is 11.0. The molecule has 2 aromatic carbocycles. The molecule has 0 saturated heterocycles. The largest absolute Gasteiger partial charge is 0.488 e. The topological polar surface area (TPSA) is 44.5 Å². The van der Waals surface area contributed by atoms with E-state index in [1.807, 2.05) is 12.1 Å². The highest BCUT2D eigenvalue weighted by molar-refractivity contribution is 5.52. The standard InChI is InChI=1S/C16H16FNO2/c17-12-5-6-15(14(18)9-12)20-10-16-13-4-2-1-3-11(13)7-8-19-16/h1-6,9,16H,7-8,10,18H2. The third-order valence-electron chi connectivity index (χ3n) is 3.45. The minimum atomic E-state index is -0.367. The van der Waals surface area contributed by atoms with Crippen molar-refractivity contribution in [3.63, 3.8) is 0 Å². The Hall–Kier alpha value is -2.07. The van der Waals surface area contributed by atoms with E-state index in [1.165, 1.54) is 17.7 Å². The molecule has 0 fully saturated rings. The number of nitrogen functional groups attached to an aromatic ring is 1. The summed E-state index contributed by atoms with van der Waals surface area (Å²) >= 11 is 0. The van der Waals surface area contributed by atoms with Crippen molar-refractivity contribution in [1.82, 2.24) is 0 Å². The second-order valence-corrected chi connectivity index (χ2v) is 4.80. The van der Waals surface area contributed by atoms with E-state index in [0.29, 0.717) is 24.7 Å². The maximum Gasteiger partial charge on any atom is 0.142 e. The molecule has 1 unspecified atom stereocenters. The van der Waals surface area contributed by atoms with Crippen LogP contribution < -0.4 is 10.5 Å². The average molecular weight is 273 g/mol. The summed E-state index contributed by atoms with van der Waals surface area (Å²) < 4.78 is 24.4. The van der Waals surface area contributed by atoms with Crippen molar-refractivity contribution in [2.24, 2.45) is 0 Å². The van der Waals surface area contributed by atoms with Crippen molar-refractivity contribution >= 4 is 5.69 Å². The van der Waals surface area contributed by atoms with E-state index in [9.17, 15) is 4.39 Å². The lowest BCUT2D eigenvalue weighted by atomic mass is 9.98. The molecule has 20 heavy (non-hydrogen) atoms. The fourth-order valence-electron chi connectivity index (χ4n) is 2.43. The fraction of sp³-hybridized carbons (Fsp3) is 0.250. The molecule has 104 valence electrons. The van der Waals surface area contributed by atoms with Gasteiger partial charge in [0.1, 0.15) is 24.3 Å². The fourth-order valence-corrected chi connectivity index (χ4v) is 2.43. The van der Waals surface area contributed by atoms with Crippen LogP contribution in [-0.4, -0.2) is 13.2 Å². The predicted octanol–water partition coefficient (Wildman–Crippen LogP) is 3.10. The smallest absolute Gasteiger partial charge is 0.142 e. The van der Waals surface area contributed by atoms with E-state index >= 15 is 0 Å². The molecule has 1 aliphatic rings. The van der Waals surface area contributed by atoms with Crippen LogP contribution in [0.1, 0.15) is 17.2 Å². The lowest BCUT2D eigenvalue weighted by molar-refractivity contribution is 0.0104. The van der Waals surface area contributed by atoms with Crippen LogP contribution >= 0.6 is 0 Å². The van der Waals surface area contributed by atoms with Crippen molar-refractivity contribution < 1.29 is 13.9 Å². The Bertz CT molecular complexity index is 615. The van der Waals surface area contributed by atoms with Gasteiger partial charge in [-0.05, 0) is 29.7 Å². The Labute approximate surface area is 117 Å². The van der Waals surface area contributed by atoms with Gasteiger partial charge in [-0.2, -0.15) is 0 Å². The van der Waals surface area contributed by atoms with Gasteiger partial charge in [-0.15, -0.1) is 0 Å². The lowest BCUT2D eigenvalue weighted by Crippen LogP contribution is -2.21. The predicted molar refractivity (Wildman–Crippen MR) is 75.1 cm³/mol. The third kappa shape index (κ3) is 2.60. The van der Waals surface area contributed by atoms with Gasteiger partial charge in [0.05, 0.1) is 12.3 Å². The molecule has 0 spiro atoms. The quantitative estimate of drug-likeness (QED) is 0.874.